The lowest BCUT2D eigenvalue weighted by molar-refractivity contribution is -0.337. The van der Waals surface area contributed by atoms with E-state index < -0.39 is 46.3 Å². The Kier molecular flexibility index (Phi) is 5.17. The molecule has 0 heterocycles. The van der Waals surface area contributed by atoms with Gasteiger partial charge < -0.3 is 9.84 Å². The lowest BCUT2D eigenvalue weighted by Gasteiger charge is -2.39. The van der Waals surface area contributed by atoms with E-state index >= 15 is 0 Å². The number of hydrogen-bond acceptors (Lipinski definition) is 2. The average molecular weight is 400 g/mol. The highest BCUT2D eigenvalue weighted by molar-refractivity contribution is 5.50. The molecule has 0 bridgehead atoms. The van der Waals surface area contributed by atoms with E-state index in [1.165, 1.54) is 6.07 Å². The fourth-order valence-electron chi connectivity index (χ4n) is 2.68. The van der Waals surface area contributed by atoms with Crippen LogP contribution in [-0.2, 0) is 11.8 Å². The minimum absolute atomic E-state index is 0.308. The van der Waals surface area contributed by atoms with E-state index in [0.717, 1.165) is 31.4 Å². The van der Waals surface area contributed by atoms with E-state index in [2.05, 4.69) is 0 Å². The maximum Gasteiger partial charge on any atom is 0.457 e. The van der Waals surface area contributed by atoms with Gasteiger partial charge in [-0.3, -0.25) is 0 Å². The molecule has 2 rings (SSSR count). The van der Waals surface area contributed by atoms with Crippen molar-refractivity contribution < 1.29 is 45.0 Å². The van der Waals surface area contributed by atoms with Crippen molar-refractivity contribution >= 4 is 0 Å². The first-order chi connectivity index (χ1) is 12.3. The predicted molar refractivity (Wildman–Crippen MR) is 78.4 cm³/mol. The molecule has 0 aliphatic rings. The third kappa shape index (κ3) is 3.33. The van der Waals surface area contributed by atoms with Crippen molar-refractivity contribution in [2.24, 2.45) is 0 Å². The predicted octanol–water partition coefficient (Wildman–Crippen LogP) is 5.15. The number of alkyl halides is 8. The molecule has 0 fully saturated rings. The number of hydrogen-bond donors (Lipinski definition) is 1. The van der Waals surface area contributed by atoms with Gasteiger partial charge in [-0.25, -0.2) is 0 Å². The lowest BCUT2D eigenvalue weighted by Crippen LogP contribution is -2.56. The molecule has 2 aromatic rings. The molecule has 0 aliphatic heterocycles. The van der Waals surface area contributed by atoms with Gasteiger partial charge in [0.15, 0.2) is 5.60 Å². The zero-order chi connectivity index (χ0) is 20.7. The number of para-hydroxylation sites is 1. The van der Waals surface area contributed by atoms with E-state index in [9.17, 15) is 40.2 Å². The topological polar surface area (TPSA) is 29.5 Å². The van der Waals surface area contributed by atoms with Crippen molar-refractivity contribution in [3.05, 3.63) is 65.2 Å². The monoisotopic (exact) mass is 400 g/mol. The van der Waals surface area contributed by atoms with Gasteiger partial charge in [-0.05, 0) is 12.1 Å². The minimum Gasteiger partial charge on any atom is -0.496 e. The van der Waals surface area contributed by atoms with Crippen LogP contribution in [0.4, 0.5) is 35.1 Å². The first-order valence-electron chi connectivity index (χ1n) is 7.25. The maximum absolute atomic E-state index is 14.4. The molecule has 1 atom stereocenters. The summed E-state index contributed by atoms with van der Waals surface area (Å²) in [5.74, 6) is -6.61. The van der Waals surface area contributed by atoms with E-state index in [4.69, 9.17) is 4.74 Å². The van der Waals surface area contributed by atoms with Gasteiger partial charge in [0, 0.05) is 11.1 Å². The van der Waals surface area contributed by atoms with Crippen molar-refractivity contribution in [2.45, 2.75) is 23.9 Å². The molecule has 0 spiro atoms. The molecule has 1 N–H and O–H groups in total. The number of benzene rings is 2. The summed E-state index contributed by atoms with van der Waals surface area (Å²) in [7, 11) is 0.917. The Morgan fingerprint density at radius 1 is 0.704 bits per heavy atom. The molecule has 0 aromatic heterocycles. The highest BCUT2D eigenvalue weighted by atomic mass is 19.4. The lowest BCUT2D eigenvalue weighted by atomic mass is 9.77. The van der Waals surface area contributed by atoms with Gasteiger partial charge in [-0.15, -0.1) is 0 Å². The Hall–Kier alpha value is -2.36. The molecule has 0 saturated carbocycles. The van der Waals surface area contributed by atoms with Crippen LogP contribution in [-0.4, -0.2) is 24.3 Å². The Morgan fingerprint density at radius 2 is 1.15 bits per heavy atom. The van der Waals surface area contributed by atoms with E-state index in [0.29, 0.717) is 18.2 Å². The molecule has 27 heavy (non-hydrogen) atoms. The molecule has 2 nitrogen and oxygen atoms in total. The van der Waals surface area contributed by atoms with Crippen molar-refractivity contribution in [3.63, 3.8) is 0 Å². The Labute approximate surface area is 148 Å². The summed E-state index contributed by atoms with van der Waals surface area (Å²) in [6.07, 6.45) is -11.7. The van der Waals surface area contributed by atoms with Crippen molar-refractivity contribution in [2.75, 3.05) is 7.11 Å². The Balaban J connectivity index is 2.98. The van der Waals surface area contributed by atoms with Gasteiger partial charge in [-0.2, -0.15) is 35.1 Å². The molecule has 1 unspecified atom stereocenters. The first kappa shape index (κ1) is 20.9. The van der Waals surface area contributed by atoms with Crippen LogP contribution >= 0.6 is 0 Å². The fourth-order valence-corrected chi connectivity index (χ4v) is 2.68. The second kappa shape index (κ2) is 6.66. The number of methoxy groups -OCH3 is 1. The standard InChI is InChI=1S/C17H12F8O2/c1-27-13-9-5-4-8-12(13)14(26,16(21,22)17(23,24)25)10-6-2-3-7-11(10)15(18,19)20/h2-9,26H,1H3. The third-order valence-electron chi connectivity index (χ3n) is 3.93. The first-order valence-corrected chi connectivity index (χ1v) is 7.25. The molecule has 2 aromatic carbocycles. The number of ether oxygens (including phenoxy) is 1. The van der Waals surface area contributed by atoms with Crippen LogP contribution in [0.2, 0.25) is 0 Å². The highest BCUT2D eigenvalue weighted by Crippen LogP contribution is 2.55. The van der Waals surface area contributed by atoms with E-state index in [1.54, 1.807) is 0 Å². The summed E-state index contributed by atoms with van der Waals surface area (Å²) in [6.45, 7) is 0. The number of rotatable bonds is 4. The molecular formula is C17H12F8O2. The van der Waals surface area contributed by atoms with E-state index in [1.807, 2.05) is 0 Å². The molecular weight excluding hydrogens is 388 g/mol. The molecule has 0 radical (unpaired) electrons. The SMILES string of the molecule is COc1ccccc1C(O)(c1ccccc1C(F)(F)F)C(F)(F)C(F)(F)F. The van der Waals surface area contributed by atoms with Gasteiger partial charge >= 0.3 is 18.3 Å². The van der Waals surface area contributed by atoms with Crippen LogP contribution in [0.25, 0.3) is 0 Å². The molecule has 0 aliphatic carbocycles. The summed E-state index contributed by atoms with van der Waals surface area (Å²) in [4.78, 5) is 0. The fraction of sp³-hybridized carbons (Fsp3) is 0.294. The van der Waals surface area contributed by atoms with Crippen LogP contribution in [0.3, 0.4) is 0 Å². The van der Waals surface area contributed by atoms with Crippen LogP contribution in [0.5, 0.6) is 5.75 Å². The quantitative estimate of drug-likeness (QED) is 0.720. The summed E-state index contributed by atoms with van der Waals surface area (Å²) in [5, 5.41) is 10.6. The Morgan fingerprint density at radius 3 is 1.59 bits per heavy atom. The summed E-state index contributed by atoms with van der Waals surface area (Å²) < 4.78 is 113. The van der Waals surface area contributed by atoms with E-state index in [-0.39, 0.29) is 0 Å². The van der Waals surface area contributed by atoms with Crippen molar-refractivity contribution in [1.29, 1.82) is 0 Å². The smallest absolute Gasteiger partial charge is 0.457 e. The summed E-state index contributed by atoms with van der Waals surface area (Å²) in [5.41, 5.74) is -9.04. The third-order valence-corrected chi connectivity index (χ3v) is 3.93. The molecule has 148 valence electrons. The second-order valence-corrected chi connectivity index (χ2v) is 5.53. The van der Waals surface area contributed by atoms with Gasteiger partial charge in [0.2, 0.25) is 0 Å². The molecule has 10 heteroatoms. The zero-order valence-corrected chi connectivity index (χ0v) is 13.5. The van der Waals surface area contributed by atoms with Gasteiger partial charge in [0.25, 0.3) is 0 Å². The van der Waals surface area contributed by atoms with Crippen LogP contribution in [0, 0.1) is 0 Å². The minimum atomic E-state index is -6.36. The number of aliphatic hydroxyl groups is 1. The summed E-state index contributed by atoms with van der Waals surface area (Å²) in [6, 6.07) is 6.08. The zero-order valence-electron chi connectivity index (χ0n) is 13.5. The van der Waals surface area contributed by atoms with Crippen LogP contribution in [0.15, 0.2) is 48.5 Å². The largest absolute Gasteiger partial charge is 0.496 e. The van der Waals surface area contributed by atoms with Crippen LogP contribution in [0.1, 0.15) is 16.7 Å². The molecule has 0 amide bonds. The van der Waals surface area contributed by atoms with Gasteiger partial charge in [0.05, 0.1) is 12.7 Å². The van der Waals surface area contributed by atoms with Gasteiger partial charge in [-0.1, -0.05) is 36.4 Å². The molecule has 0 saturated heterocycles. The maximum atomic E-state index is 14.4. The second-order valence-electron chi connectivity index (χ2n) is 5.53. The van der Waals surface area contributed by atoms with Crippen molar-refractivity contribution in [3.8, 4) is 5.75 Å². The Bertz CT molecular complexity index is 813. The van der Waals surface area contributed by atoms with Gasteiger partial charge in [0.1, 0.15) is 5.75 Å². The average Bonchev–Trinajstić information content (AvgIpc) is 2.59. The highest BCUT2D eigenvalue weighted by Gasteiger charge is 2.72. The normalized spacial score (nSPS) is 15.3. The van der Waals surface area contributed by atoms with Crippen molar-refractivity contribution in [1.82, 2.24) is 0 Å². The number of halogens is 8. The van der Waals surface area contributed by atoms with Crippen LogP contribution < -0.4 is 4.74 Å². The summed E-state index contributed by atoms with van der Waals surface area (Å²) >= 11 is 0.